The number of rotatable bonds is 6. The van der Waals surface area contributed by atoms with Crippen LogP contribution in [0.2, 0.25) is 0 Å². The molecule has 18 heavy (non-hydrogen) atoms. The van der Waals surface area contributed by atoms with Gasteiger partial charge in [-0.25, -0.2) is 8.78 Å². The minimum atomic E-state index is -0.727. The van der Waals surface area contributed by atoms with Crippen LogP contribution in [0.4, 0.5) is 14.5 Å². The van der Waals surface area contributed by atoms with Gasteiger partial charge in [-0.15, -0.1) is 0 Å². The van der Waals surface area contributed by atoms with Crippen LogP contribution < -0.4 is 15.4 Å². The minimum absolute atomic E-state index is 0.178. The monoisotopic (exact) mass is 258 g/mol. The lowest BCUT2D eigenvalue weighted by atomic mass is 10.2. The second-order valence-corrected chi connectivity index (χ2v) is 3.72. The molecule has 1 amide bonds. The summed E-state index contributed by atoms with van der Waals surface area (Å²) in [7, 11) is 3.02. The number of hydrogen-bond acceptors (Lipinski definition) is 3. The van der Waals surface area contributed by atoms with Gasteiger partial charge in [-0.05, 0) is 20.0 Å². The molecule has 0 spiro atoms. The molecule has 1 aromatic rings. The van der Waals surface area contributed by atoms with Crippen molar-refractivity contribution >= 4 is 11.6 Å². The van der Waals surface area contributed by atoms with E-state index in [1.165, 1.54) is 7.11 Å². The van der Waals surface area contributed by atoms with E-state index >= 15 is 0 Å². The van der Waals surface area contributed by atoms with Gasteiger partial charge in [0, 0.05) is 18.6 Å². The maximum absolute atomic E-state index is 13.5. The Bertz CT molecular complexity index is 425. The van der Waals surface area contributed by atoms with Crippen molar-refractivity contribution in [3.8, 4) is 5.75 Å². The Labute approximate surface area is 104 Å². The third kappa shape index (κ3) is 3.96. The molecule has 100 valence electrons. The summed E-state index contributed by atoms with van der Waals surface area (Å²) >= 11 is 0. The Morgan fingerprint density at radius 3 is 2.67 bits per heavy atom. The van der Waals surface area contributed by atoms with Gasteiger partial charge in [0.2, 0.25) is 5.91 Å². The van der Waals surface area contributed by atoms with Crippen molar-refractivity contribution in [2.75, 3.05) is 26.0 Å². The fraction of sp³-hybridized carbons (Fsp3) is 0.417. The van der Waals surface area contributed by atoms with Gasteiger partial charge in [0.15, 0.2) is 17.4 Å². The molecule has 0 aromatic heterocycles. The lowest BCUT2D eigenvalue weighted by Crippen LogP contribution is -2.16. The smallest absolute Gasteiger partial charge is 0.224 e. The van der Waals surface area contributed by atoms with Crippen LogP contribution in [0.3, 0.4) is 0 Å². The number of benzene rings is 1. The summed E-state index contributed by atoms with van der Waals surface area (Å²) in [5.41, 5.74) is -0.178. The highest BCUT2D eigenvalue weighted by molar-refractivity contribution is 5.90. The van der Waals surface area contributed by atoms with Gasteiger partial charge < -0.3 is 15.4 Å². The molecule has 2 N–H and O–H groups in total. The summed E-state index contributed by atoms with van der Waals surface area (Å²) in [5.74, 6) is -1.99. The highest BCUT2D eigenvalue weighted by atomic mass is 19.1. The third-order valence-electron chi connectivity index (χ3n) is 2.35. The standard InChI is InChI=1S/C12H16F2N2O2/c1-15-5-3-4-12(17)16-10-6-9(14)11(18-2)7-8(10)13/h6-7,15H,3-5H2,1-2H3,(H,16,17). The van der Waals surface area contributed by atoms with Gasteiger partial charge in [0.25, 0.3) is 0 Å². The first-order chi connectivity index (χ1) is 8.58. The van der Waals surface area contributed by atoms with E-state index in [1.54, 1.807) is 7.05 Å². The second-order valence-electron chi connectivity index (χ2n) is 3.72. The number of halogens is 2. The molecule has 0 saturated heterocycles. The zero-order valence-electron chi connectivity index (χ0n) is 10.3. The number of methoxy groups -OCH3 is 1. The Hall–Kier alpha value is -1.69. The Balaban J connectivity index is 2.67. The van der Waals surface area contributed by atoms with Crippen LogP contribution in [0.15, 0.2) is 12.1 Å². The predicted octanol–water partition coefficient (Wildman–Crippen LogP) is 1.91. The van der Waals surface area contributed by atoms with Crippen molar-refractivity contribution in [1.29, 1.82) is 0 Å². The molecule has 1 aromatic carbocycles. The molecule has 0 aliphatic heterocycles. The quantitative estimate of drug-likeness (QED) is 0.766. The van der Waals surface area contributed by atoms with Gasteiger partial charge in [0.05, 0.1) is 12.8 Å². The van der Waals surface area contributed by atoms with Crippen LogP contribution in [0.5, 0.6) is 5.75 Å². The number of nitrogens with one attached hydrogen (secondary N) is 2. The molecular weight excluding hydrogens is 242 g/mol. The normalized spacial score (nSPS) is 10.2. The molecule has 1 rings (SSSR count). The van der Waals surface area contributed by atoms with Crippen LogP contribution in [0.25, 0.3) is 0 Å². The molecule has 0 unspecified atom stereocenters. The van der Waals surface area contributed by atoms with E-state index in [2.05, 4.69) is 15.4 Å². The molecule has 0 fully saturated rings. The number of carbonyl (C=O) groups is 1. The van der Waals surface area contributed by atoms with Crippen molar-refractivity contribution in [1.82, 2.24) is 5.32 Å². The number of ether oxygens (including phenoxy) is 1. The average molecular weight is 258 g/mol. The molecule has 0 radical (unpaired) electrons. The van der Waals surface area contributed by atoms with Crippen LogP contribution >= 0.6 is 0 Å². The van der Waals surface area contributed by atoms with Crippen molar-refractivity contribution in [3.05, 3.63) is 23.8 Å². The van der Waals surface area contributed by atoms with Gasteiger partial charge in [0.1, 0.15) is 0 Å². The van der Waals surface area contributed by atoms with Gasteiger partial charge >= 0.3 is 0 Å². The largest absolute Gasteiger partial charge is 0.494 e. The summed E-state index contributed by atoms with van der Waals surface area (Å²) in [6, 6.07) is 1.81. The highest BCUT2D eigenvalue weighted by Gasteiger charge is 2.12. The van der Waals surface area contributed by atoms with Crippen LogP contribution in [-0.2, 0) is 4.79 Å². The van der Waals surface area contributed by atoms with Crippen LogP contribution in [0.1, 0.15) is 12.8 Å². The molecule has 0 bridgehead atoms. The Kier molecular flexibility index (Phi) is 5.51. The first-order valence-corrected chi connectivity index (χ1v) is 5.56. The maximum Gasteiger partial charge on any atom is 0.224 e. The molecule has 4 nitrogen and oxygen atoms in total. The summed E-state index contributed by atoms with van der Waals surface area (Å²) in [4.78, 5) is 11.4. The van der Waals surface area contributed by atoms with Gasteiger partial charge in [-0.2, -0.15) is 0 Å². The fourth-order valence-corrected chi connectivity index (χ4v) is 1.42. The summed E-state index contributed by atoms with van der Waals surface area (Å²) in [6.45, 7) is 0.687. The molecule has 0 heterocycles. The zero-order chi connectivity index (χ0) is 13.5. The predicted molar refractivity (Wildman–Crippen MR) is 64.7 cm³/mol. The molecule has 0 aliphatic carbocycles. The SMILES string of the molecule is CNCCCC(=O)Nc1cc(F)c(OC)cc1F. The van der Waals surface area contributed by atoms with Crippen molar-refractivity contribution in [2.45, 2.75) is 12.8 Å². The molecule has 6 heteroatoms. The van der Waals surface area contributed by atoms with E-state index < -0.39 is 11.6 Å². The summed E-state index contributed by atoms with van der Waals surface area (Å²) in [5, 5.41) is 5.22. The Morgan fingerprint density at radius 2 is 2.06 bits per heavy atom. The van der Waals surface area contributed by atoms with Gasteiger partial charge in [-0.3, -0.25) is 4.79 Å². The van der Waals surface area contributed by atoms with Gasteiger partial charge in [-0.1, -0.05) is 0 Å². The summed E-state index contributed by atoms with van der Waals surface area (Å²) in [6.07, 6.45) is 0.872. The summed E-state index contributed by atoms with van der Waals surface area (Å²) < 4.78 is 31.5. The molecular formula is C12H16F2N2O2. The second kappa shape index (κ2) is 6.90. The van der Waals surface area contributed by atoms with E-state index in [9.17, 15) is 13.6 Å². The van der Waals surface area contributed by atoms with Crippen LogP contribution in [-0.4, -0.2) is 26.6 Å². The van der Waals surface area contributed by atoms with E-state index in [0.717, 1.165) is 12.1 Å². The van der Waals surface area contributed by atoms with E-state index in [4.69, 9.17) is 0 Å². The number of hydrogen-bond donors (Lipinski definition) is 2. The van der Waals surface area contributed by atoms with E-state index in [-0.39, 0.29) is 23.8 Å². The molecule has 0 aliphatic rings. The lowest BCUT2D eigenvalue weighted by Gasteiger charge is -2.08. The number of amides is 1. The fourth-order valence-electron chi connectivity index (χ4n) is 1.42. The first-order valence-electron chi connectivity index (χ1n) is 5.56. The topological polar surface area (TPSA) is 50.4 Å². The van der Waals surface area contributed by atoms with E-state index in [0.29, 0.717) is 13.0 Å². The number of anilines is 1. The van der Waals surface area contributed by atoms with Crippen molar-refractivity contribution in [2.24, 2.45) is 0 Å². The zero-order valence-corrected chi connectivity index (χ0v) is 10.3. The van der Waals surface area contributed by atoms with Crippen molar-refractivity contribution in [3.63, 3.8) is 0 Å². The first kappa shape index (κ1) is 14.4. The number of carbonyl (C=O) groups excluding carboxylic acids is 1. The molecule has 0 saturated carbocycles. The van der Waals surface area contributed by atoms with Crippen LogP contribution in [0, 0.1) is 11.6 Å². The highest BCUT2D eigenvalue weighted by Crippen LogP contribution is 2.24. The lowest BCUT2D eigenvalue weighted by molar-refractivity contribution is -0.116. The van der Waals surface area contributed by atoms with Crippen molar-refractivity contribution < 1.29 is 18.3 Å². The van der Waals surface area contributed by atoms with E-state index in [1.807, 2.05) is 0 Å². The minimum Gasteiger partial charge on any atom is -0.494 e. The molecule has 0 atom stereocenters. The third-order valence-corrected chi connectivity index (χ3v) is 2.35. The Morgan fingerprint density at radius 1 is 1.33 bits per heavy atom. The maximum atomic E-state index is 13.5. The average Bonchev–Trinajstić information content (AvgIpc) is 2.33.